The second kappa shape index (κ2) is 10.8. The van der Waals surface area contributed by atoms with E-state index in [1.165, 1.54) is 0 Å². The van der Waals surface area contributed by atoms with Crippen LogP contribution < -0.4 is 9.64 Å². The molecule has 37 heavy (non-hydrogen) atoms. The molecule has 5 rings (SSSR count). The lowest BCUT2D eigenvalue weighted by Crippen LogP contribution is -2.30. The monoisotopic (exact) mass is 490 g/mol. The summed E-state index contributed by atoms with van der Waals surface area (Å²) in [6.07, 6.45) is 1.48. The van der Waals surface area contributed by atoms with Crippen LogP contribution in [0.15, 0.2) is 115 Å². The molecule has 0 aliphatic carbocycles. The van der Waals surface area contributed by atoms with Crippen molar-refractivity contribution in [3.8, 4) is 5.75 Å². The summed E-state index contributed by atoms with van der Waals surface area (Å²) in [6.45, 7) is 0.239. The minimum Gasteiger partial charge on any atom is -0.497 e. The number of hydrogen-bond acceptors (Lipinski definition) is 5. The molecule has 6 nitrogen and oxygen atoms in total. The molecule has 1 saturated heterocycles. The second-order valence-electron chi connectivity index (χ2n) is 8.53. The molecule has 2 amide bonds. The molecule has 184 valence electrons. The van der Waals surface area contributed by atoms with E-state index in [2.05, 4.69) is 29.2 Å². The van der Waals surface area contributed by atoms with Crippen LogP contribution in [0.4, 0.5) is 21.9 Å². The maximum absolute atomic E-state index is 12.9. The Morgan fingerprint density at radius 2 is 1.32 bits per heavy atom. The summed E-state index contributed by atoms with van der Waals surface area (Å²) in [5, 5.41) is 0. The van der Waals surface area contributed by atoms with Crippen molar-refractivity contribution >= 4 is 35.1 Å². The van der Waals surface area contributed by atoms with Crippen molar-refractivity contribution in [2.24, 2.45) is 0 Å². The number of imide groups is 1. The summed E-state index contributed by atoms with van der Waals surface area (Å²) < 4.78 is 10.5. The molecular weight excluding hydrogens is 464 g/mol. The quantitative estimate of drug-likeness (QED) is 0.256. The number of rotatable bonds is 8. The Hall–Kier alpha value is -4.84. The van der Waals surface area contributed by atoms with Gasteiger partial charge >= 0.3 is 6.09 Å². The van der Waals surface area contributed by atoms with Gasteiger partial charge in [0.1, 0.15) is 5.75 Å². The average Bonchev–Trinajstić information content (AvgIpc) is 3.21. The van der Waals surface area contributed by atoms with Crippen molar-refractivity contribution < 1.29 is 19.1 Å². The largest absolute Gasteiger partial charge is 0.497 e. The number of nitrogens with zero attached hydrogens (tertiary/aromatic N) is 2. The fourth-order valence-electron chi connectivity index (χ4n) is 4.20. The highest BCUT2D eigenvalue weighted by molar-refractivity contribution is 6.09. The third-order valence-electron chi connectivity index (χ3n) is 6.13. The van der Waals surface area contributed by atoms with E-state index < -0.39 is 12.0 Å². The number of ether oxygens (including phenoxy) is 2. The third kappa shape index (κ3) is 5.38. The molecule has 6 heteroatoms. The third-order valence-corrected chi connectivity index (χ3v) is 6.13. The molecule has 1 aliphatic rings. The first-order valence-corrected chi connectivity index (χ1v) is 12.0. The Bertz CT molecular complexity index is 1360. The summed E-state index contributed by atoms with van der Waals surface area (Å²) >= 11 is 0. The van der Waals surface area contributed by atoms with E-state index in [0.29, 0.717) is 6.42 Å². The highest BCUT2D eigenvalue weighted by Crippen LogP contribution is 2.34. The Morgan fingerprint density at radius 1 is 0.757 bits per heavy atom. The van der Waals surface area contributed by atoms with Crippen LogP contribution in [0.25, 0.3) is 6.08 Å². The molecule has 1 heterocycles. The lowest BCUT2D eigenvalue weighted by Gasteiger charge is -2.25. The number of hydrogen-bond donors (Lipinski definition) is 0. The van der Waals surface area contributed by atoms with E-state index in [-0.39, 0.29) is 12.3 Å². The number of cyclic esters (lactones) is 1. The van der Waals surface area contributed by atoms with Crippen LogP contribution in [0.5, 0.6) is 5.75 Å². The lowest BCUT2D eigenvalue weighted by molar-refractivity contribution is -0.123. The molecule has 4 aromatic carbocycles. The topological polar surface area (TPSA) is 59.1 Å². The Morgan fingerprint density at radius 3 is 1.89 bits per heavy atom. The van der Waals surface area contributed by atoms with Crippen LogP contribution in [0.1, 0.15) is 11.1 Å². The SMILES string of the molecule is COc1ccc(CCN2C(=O)O/C(=C\c3ccc(N(c4ccccc4)c4ccccc4)cc3)C2=O)cc1. The number of anilines is 3. The van der Waals surface area contributed by atoms with E-state index in [9.17, 15) is 9.59 Å². The zero-order valence-electron chi connectivity index (χ0n) is 20.4. The van der Waals surface area contributed by atoms with Gasteiger partial charge in [0, 0.05) is 23.6 Å². The van der Waals surface area contributed by atoms with E-state index in [1.54, 1.807) is 13.2 Å². The first-order chi connectivity index (χ1) is 18.1. The Kier molecular flexibility index (Phi) is 6.99. The molecule has 0 aromatic heterocycles. The first-order valence-electron chi connectivity index (χ1n) is 12.0. The van der Waals surface area contributed by atoms with Crippen molar-refractivity contribution in [3.63, 3.8) is 0 Å². The van der Waals surface area contributed by atoms with E-state index in [1.807, 2.05) is 84.9 Å². The van der Waals surface area contributed by atoms with E-state index in [0.717, 1.165) is 38.8 Å². The van der Waals surface area contributed by atoms with Crippen molar-refractivity contribution in [1.29, 1.82) is 0 Å². The molecule has 0 N–H and O–H groups in total. The van der Waals surface area contributed by atoms with E-state index in [4.69, 9.17) is 9.47 Å². The van der Waals surface area contributed by atoms with Gasteiger partial charge in [0.15, 0.2) is 5.76 Å². The maximum Gasteiger partial charge on any atom is 0.422 e. The van der Waals surface area contributed by atoms with Gasteiger partial charge in [0.2, 0.25) is 0 Å². The molecule has 0 radical (unpaired) electrons. The van der Waals surface area contributed by atoms with E-state index >= 15 is 0 Å². The standard InChI is InChI=1S/C31H26N2O4/c1-36-28-18-14-23(15-19-28)20-21-32-30(34)29(37-31(32)35)22-24-12-16-27(17-13-24)33(25-8-4-2-5-9-25)26-10-6-3-7-11-26/h2-19,22H,20-21H2,1H3/b29-22-. The number of carbonyl (C=O) groups excluding carboxylic acids is 2. The summed E-state index contributed by atoms with van der Waals surface area (Å²) in [5.74, 6) is 0.348. The predicted molar refractivity (Wildman–Crippen MR) is 144 cm³/mol. The molecule has 1 fully saturated rings. The average molecular weight is 491 g/mol. The zero-order valence-corrected chi connectivity index (χ0v) is 20.4. The number of para-hydroxylation sites is 2. The minimum atomic E-state index is -0.652. The molecule has 4 aromatic rings. The van der Waals surface area contributed by atoms with Crippen LogP contribution in [0.3, 0.4) is 0 Å². The van der Waals surface area contributed by atoms with Gasteiger partial charge in [-0.3, -0.25) is 4.79 Å². The summed E-state index contributed by atoms with van der Waals surface area (Å²) in [7, 11) is 1.61. The number of carbonyl (C=O) groups is 2. The molecule has 1 aliphatic heterocycles. The van der Waals surface area contributed by atoms with Gasteiger partial charge in [-0.1, -0.05) is 60.7 Å². The Labute approximate surface area is 216 Å². The van der Waals surface area contributed by atoms with Crippen LogP contribution in [-0.2, 0) is 16.0 Å². The fourth-order valence-corrected chi connectivity index (χ4v) is 4.20. The van der Waals surface area contributed by atoms with Gasteiger partial charge in [-0.05, 0) is 72.2 Å². The van der Waals surface area contributed by atoms with Gasteiger partial charge in [0.05, 0.1) is 7.11 Å². The molecule has 0 spiro atoms. The van der Waals surface area contributed by atoms with Gasteiger partial charge in [-0.2, -0.15) is 0 Å². The number of amides is 2. The molecule has 0 unspecified atom stereocenters. The van der Waals surface area contributed by atoms with Gasteiger partial charge in [-0.25, -0.2) is 9.69 Å². The zero-order chi connectivity index (χ0) is 25.6. The number of benzene rings is 4. The maximum atomic E-state index is 12.9. The minimum absolute atomic E-state index is 0.0236. The van der Waals surface area contributed by atoms with Crippen molar-refractivity contribution in [1.82, 2.24) is 4.90 Å². The summed E-state index contributed by atoms with van der Waals surface area (Å²) in [6, 6.07) is 35.5. The summed E-state index contributed by atoms with van der Waals surface area (Å²) in [4.78, 5) is 28.5. The van der Waals surface area contributed by atoms with Gasteiger partial charge < -0.3 is 14.4 Å². The molecule has 0 saturated carbocycles. The number of methoxy groups -OCH3 is 1. The van der Waals surface area contributed by atoms with Crippen LogP contribution >= 0.6 is 0 Å². The van der Waals surface area contributed by atoms with Crippen molar-refractivity contribution in [2.75, 3.05) is 18.6 Å². The second-order valence-corrected chi connectivity index (χ2v) is 8.53. The van der Waals surface area contributed by atoms with Crippen molar-refractivity contribution in [3.05, 3.63) is 126 Å². The molecule has 0 atom stereocenters. The van der Waals surface area contributed by atoms with Gasteiger partial charge in [0.25, 0.3) is 5.91 Å². The lowest BCUT2D eigenvalue weighted by atomic mass is 10.1. The highest BCUT2D eigenvalue weighted by Gasteiger charge is 2.36. The predicted octanol–water partition coefficient (Wildman–Crippen LogP) is 6.73. The van der Waals surface area contributed by atoms with Crippen LogP contribution in [0.2, 0.25) is 0 Å². The first kappa shape index (κ1) is 23.9. The van der Waals surface area contributed by atoms with Crippen LogP contribution in [-0.4, -0.2) is 30.6 Å². The molecule has 0 bridgehead atoms. The fraction of sp³-hybridized carbons (Fsp3) is 0.0968. The molecular formula is C31H26N2O4. The van der Waals surface area contributed by atoms with Crippen LogP contribution in [0, 0.1) is 0 Å². The summed E-state index contributed by atoms with van der Waals surface area (Å²) in [5.41, 5.74) is 4.80. The smallest absolute Gasteiger partial charge is 0.422 e. The highest BCUT2D eigenvalue weighted by atomic mass is 16.6. The van der Waals surface area contributed by atoms with Crippen molar-refractivity contribution in [2.45, 2.75) is 6.42 Å². The van der Waals surface area contributed by atoms with Gasteiger partial charge in [-0.15, -0.1) is 0 Å². The normalized spacial score (nSPS) is 14.1. The Balaban J connectivity index is 1.32.